The van der Waals surface area contributed by atoms with Gasteiger partial charge in [0.1, 0.15) is 0 Å². The van der Waals surface area contributed by atoms with E-state index in [1.807, 2.05) is 19.1 Å². The van der Waals surface area contributed by atoms with Crippen LogP contribution in [0.3, 0.4) is 0 Å². The van der Waals surface area contributed by atoms with Crippen LogP contribution in [0.1, 0.15) is 18.9 Å². The van der Waals surface area contributed by atoms with Crippen molar-refractivity contribution in [2.75, 3.05) is 25.0 Å². The van der Waals surface area contributed by atoms with Crippen molar-refractivity contribution in [3.8, 4) is 0 Å². The van der Waals surface area contributed by atoms with Crippen LogP contribution < -0.4 is 10.6 Å². The first-order valence-electron chi connectivity index (χ1n) is 5.45. The Morgan fingerprint density at radius 1 is 1.20 bits per heavy atom. The van der Waals surface area contributed by atoms with Gasteiger partial charge in [0.15, 0.2) is 0 Å². The number of halogens is 1. The average Bonchev–Trinajstić information content (AvgIpc) is 2.24. The van der Waals surface area contributed by atoms with Crippen molar-refractivity contribution in [2.24, 2.45) is 0 Å². The maximum atomic E-state index is 6.02. The Morgan fingerprint density at radius 3 is 2.73 bits per heavy atom. The van der Waals surface area contributed by atoms with Crippen LogP contribution in [0, 0.1) is 6.92 Å². The fourth-order valence-electron chi connectivity index (χ4n) is 1.39. The first-order chi connectivity index (χ1) is 7.25. The quantitative estimate of drug-likeness (QED) is 0.729. The standard InChI is InChI=1S/C12H19ClN2/c1-3-7-14-8-9-15-12-6-4-5-11(13)10(12)2/h4-6,14-15H,3,7-9H2,1-2H3. The third-order valence-electron chi connectivity index (χ3n) is 2.31. The predicted octanol–water partition coefficient (Wildman–Crippen LogP) is 3.06. The zero-order chi connectivity index (χ0) is 11.1. The van der Waals surface area contributed by atoms with E-state index in [2.05, 4.69) is 23.6 Å². The molecule has 0 saturated heterocycles. The Balaban J connectivity index is 2.34. The van der Waals surface area contributed by atoms with Crippen molar-refractivity contribution in [1.29, 1.82) is 0 Å². The maximum Gasteiger partial charge on any atom is 0.0455 e. The lowest BCUT2D eigenvalue weighted by Crippen LogP contribution is -2.22. The average molecular weight is 227 g/mol. The normalized spacial score (nSPS) is 10.3. The van der Waals surface area contributed by atoms with Crippen molar-refractivity contribution in [3.63, 3.8) is 0 Å². The Bertz CT molecular complexity index is 300. The van der Waals surface area contributed by atoms with Crippen molar-refractivity contribution in [3.05, 3.63) is 28.8 Å². The summed E-state index contributed by atoms with van der Waals surface area (Å²) in [6, 6.07) is 5.94. The topological polar surface area (TPSA) is 24.1 Å². The number of rotatable bonds is 6. The number of hydrogen-bond donors (Lipinski definition) is 2. The molecule has 0 amide bonds. The second-order valence-electron chi connectivity index (χ2n) is 3.59. The van der Waals surface area contributed by atoms with Crippen LogP contribution in [0.4, 0.5) is 5.69 Å². The van der Waals surface area contributed by atoms with Crippen LogP contribution in [0.5, 0.6) is 0 Å². The van der Waals surface area contributed by atoms with E-state index in [0.717, 1.165) is 35.9 Å². The first kappa shape index (κ1) is 12.3. The number of benzene rings is 1. The van der Waals surface area contributed by atoms with Crippen molar-refractivity contribution < 1.29 is 0 Å². The molecule has 1 rings (SSSR count). The van der Waals surface area contributed by atoms with E-state index in [1.54, 1.807) is 0 Å². The number of anilines is 1. The first-order valence-corrected chi connectivity index (χ1v) is 5.83. The molecule has 0 spiro atoms. The minimum atomic E-state index is 0.821. The minimum absolute atomic E-state index is 0.821. The molecular formula is C12H19ClN2. The Morgan fingerprint density at radius 2 is 2.00 bits per heavy atom. The number of nitrogens with one attached hydrogen (secondary N) is 2. The van der Waals surface area contributed by atoms with Crippen LogP contribution in [0.2, 0.25) is 5.02 Å². The molecule has 2 N–H and O–H groups in total. The molecule has 0 fully saturated rings. The molecule has 3 heteroatoms. The lowest BCUT2D eigenvalue weighted by atomic mass is 10.2. The Kier molecular flexibility index (Phi) is 5.51. The molecule has 0 heterocycles. The van der Waals surface area contributed by atoms with Gasteiger partial charge >= 0.3 is 0 Å². The van der Waals surface area contributed by atoms with Gasteiger partial charge in [0.2, 0.25) is 0 Å². The zero-order valence-electron chi connectivity index (χ0n) is 9.44. The lowest BCUT2D eigenvalue weighted by molar-refractivity contribution is 0.687. The van der Waals surface area contributed by atoms with E-state index in [4.69, 9.17) is 11.6 Å². The lowest BCUT2D eigenvalue weighted by Gasteiger charge is -2.10. The highest BCUT2D eigenvalue weighted by Gasteiger charge is 1.99. The molecule has 15 heavy (non-hydrogen) atoms. The van der Waals surface area contributed by atoms with Crippen molar-refractivity contribution in [2.45, 2.75) is 20.3 Å². The third-order valence-corrected chi connectivity index (χ3v) is 2.72. The van der Waals surface area contributed by atoms with Crippen LogP contribution in [0.15, 0.2) is 18.2 Å². The summed E-state index contributed by atoms with van der Waals surface area (Å²) in [7, 11) is 0. The van der Waals surface area contributed by atoms with Crippen molar-refractivity contribution >= 4 is 17.3 Å². The highest BCUT2D eigenvalue weighted by atomic mass is 35.5. The summed E-state index contributed by atoms with van der Waals surface area (Å²) in [6.07, 6.45) is 1.18. The summed E-state index contributed by atoms with van der Waals surface area (Å²) in [6.45, 7) is 7.20. The van der Waals surface area contributed by atoms with Crippen LogP contribution in [0.25, 0.3) is 0 Å². The minimum Gasteiger partial charge on any atom is -0.384 e. The fraction of sp³-hybridized carbons (Fsp3) is 0.500. The molecule has 0 aliphatic carbocycles. The van der Waals surface area contributed by atoms with Gasteiger partial charge in [0, 0.05) is 23.8 Å². The van der Waals surface area contributed by atoms with Crippen LogP contribution in [-0.2, 0) is 0 Å². The zero-order valence-corrected chi connectivity index (χ0v) is 10.2. The molecule has 0 aliphatic heterocycles. The number of hydrogen-bond acceptors (Lipinski definition) is 2. The van der Waals surface area contributed by atoms with Crippen LogP contribution in [-0.4, -0.2) is 19.6 Å². The molecule has 1 aromatic carbocycles. The van der Waals surface area contributed by atoms with E-state index < -0.39 is 0 Å². The van der Waals surface area contributed by atoms with Gasteiger partial charge in [-0.05, 0) is 37.6 Å². The third kappa shape index (κ3) is 4.10. The summed E-state index contributed by atoms with van der Waals surface area (Å²) < 4.78 is 0. The van der Waals surface area contributed by atoms with Gasteiger partial charge in [-0.1, -0.05) is 24.6 Å². The van der Waals surface area contributed by atoms with Crippen molar-refractivity contribution in [1.82, 2.24) is 5.32 Å². The molecule has 0 radical (unpaired) electrons. The molecule has 0 bridgehead atoms. The highest BCUT2D eigenvalue weighted by molar-refractivity contribution is 6.31. The smallest absolute Gasteiger partial charge is 0.0455 e. The summed E-state index contributed by atoms with van der Waals surface area (Å²) in [4.78, 5) is 0. The molecule has 0 unspecified atom stereocenters. The summed E-state index contributed by atoms with van der Waals surface area (Å²) in [5, 5.41) is 7.53. The SMILES string of the molecule is CCCNCCNc1cccc(Cl)c1C. The van der Waals surface area contributed by atoms with E-state index in [-0.39, 0.29) is 0 Å². The molecule has 0 aliphatic rings. The molecule has 0 aromatic heterocycles. The van der Waals surface area contributed by atoms with Gasteiger partial charge in [-0.3, -0.25) is 0 Å². The van der Waals surface area contributed by atoms with Gasteiger partial charge < -0.3 is 10.6 Å². The molecule has 1 aromatic rings. The fourth-order valence-corrected chi connectivity index (χ4v) is 1.56. The highest BCUT2D eigenvalue weighted by Crippen LogP contribution is 2.22. The second-order valence-corrected chi connectivity index (χ2v) is 4.00. The second kappa shape index (κ2) is 6.70. The molecule has 0 saturated carbocycles. The van der Waals surface area contributed by atoms with Crippen LogP contribution >= 0.6 is 11.6 Å². The Labute approximate surface area is 97.0 Å². The van der Waals surface area contributed by atoms with E-state index in [0.29, 0.717) is 0 Å². The van der Waals surface area contributed by atoms with E-state index in [9.17, 15) is 0 Å². The molecular weight excluding hydrogens is 208 g/mol. The molecule has 84 valence electrons. The van der Waals surface area contributed by atoms with E-state index >= 15 is 0 Å². The maximum absolute atomic E-state index is 6.02. The monoisotopic (exact) mass is 226 g/mol. The van der Waals surface area contributed by atoms with Gasteiger partial charge in [-0.25, -0.2) is 0 Å². The molecule has 0 atom stereocenters. The Hall–Kier alpha value is -0.730. The van der Waals surface area contributed by atoms with Gasteiger partial charge in [-0.15, -0.1) is 0 Å². The summed E-state index contributed by atoms with van der Waals surface area (Å²) >= 11 is 6.02. The largest absolute Gasteiger partial charge is 0.384 e. The summed E-state index contributed by atoms with van der Waals surface area (Å²) in [5.74, 6) is 0. The van der Waals surface area contributed by atoms with E-state index in [1.165, 1.54) is 6.42 Å². The molecule has 2 nitrogen and oxygen atoms in total. The van der Waals surface area contributed by atoms with Gasteiger partial charge in [0.25, 0.3) is 0 Å². The summed E-state index contributed by atoms with van der Waals surface area (Å²) in [5.41, 5.74) is 2.25. The predicted molar refractivity (Wildman–Crippen MR) is 67.8 cm³/mol. The van der Waals surface area contributed by atoms with Gasteiger partial charge in [0.05, 0.1) is 0 Å². The van der Waals surface area contributed by atoms with Gasteiger partial charge in [-0.2, -0.15) is 0 Å².